The number of sulfonamides is 1. The number of hydrogen-bond donors (Lipinski definition) is 2. The lowest BCUT2D eigenvalue weighted by molar-refractivity contribution is 0.311. The highest BCUT2D eigenvalue weighted by atomic mass is 32.2. The van der Waals surface area contributed by atoms with Crippen molar-refractivity contribution in [3.05, 3.63) is 0 Å². The molecule has 18 heavy (non-hydrogen) atoms. The van der Waals surface area contributed by atoms with E-state index in [1.165, 1.54) is 17.8 Å². The van der Waals surface area contributed by atoms with Crippen molar-refractivity contribution in [2.45, 2.75) is 45.1 Å². The molecule has 0 saturated heterocycles. The molecule has 6 nitrogen and oxygen atoms in total. The summed E-state index contributed by atoms with van der Waals surface area (Å²) in [6.45, 7) is 1.60. The maximum absolute atomic E-state index is 12.2. The first-order chi connectivity index (χ1) is 8.38. The Morgan fingerprint density at radius 3 is 2.50 bits per heavy atom. The standard InChI is InChI=1S/C11H23N3O3S/c1-9(11(12)13-15)14(2)18(16,17)8-10-6-4-3-5-7-10/h9-10,15H,3-8H2,1-2H3,(H2,12,13). The lowest BCUT2D eigenvalue weighted by Crippen LogP contribution is -2.45. The van der Waals surface area contributed by atoms with Crippen molar-refractivity contribution in [3.8, 4) is 0 Å². The molecular formula is C11H23N3O3S. The molecule has 7 heteroatoms. The van der Waals surface area contributed by atoms with Crippen LogP contribution in [0.4, 0.5) is 0 Å². The molecule has 0 heterocycles. The average Bonchev–Trinajstić information content (AvgIpc) is 2.36. The molecule has 3 N–H and O–H groups in total. The van der Waals surface area contributed by atoms with Gasteiger partial charge in [-0.25, -0.2) is 8.42 Å². The van der Waals surface area contributed by atoms with Crippen LogP contribution in [0.2, 0.25) is 0 Å². The summed E-state index contributed by atoms with van der Waals surface area (Å²) in [5.74, 6) is 0.308. The van der Waals surface area contributed by atoms with Crippen LogP contribution in [0.25, 0.3) is 0 Å². The summed E-state index contributed by atoms with van der Waals surface area (Å²) >= 11 is 0. The number of amidine groups is 1. The number of rotatable bonds is 5. The topological polar surface area (TPSA) is 96.0 Å². The minimum atomic E-state index is -3.35. The van der Waals surface area contributed by atoms with Gasteiger partial charge < -0.3 is 10.9 Å². The van der Waals surface area contributed by atoms with Gasteiger partial charge in [-0.05, 0) is 25.7 Å². The monoisotopic (exact) mass is 277 g/mol. The Labute approximate surface area is 109 Å². The van der Waals surface area contributed by atoms with Crippen molar-refractivity contribution >= 4 is 15.9 Å². The molecule has 0 amide bonds. The molecule has 1 saturated carbocycles. The predicted octanol–water partition coefficient (Wildman–Crippen LogP) is 0.963. The molecule has 1 aliphatic rings. The van der Waals surface area contributed by atoms with Crippen molar-refractivity contribution in [3.63, 3.8) is 0 Å². The molecule has 0 aromatic rings. The van der Waals surface area contributed by atoms with Gasteiger partial charge in [0.25, 0.3) is 0 Å². The van der Waals surface area contributed by atoms with Crippen LogP contribution in [0.1, 0.15) is 39.0 Å². The van der Waals surface area contributed by atoms with Gasteiger partial charge in [0.15, 0.2) is 5.84 Å². The number of likely N-dealkylation sites (N-methyl/N-ethyl adjacent to an activating group) is 1. The Bertz CT molecular complexity index is 388. The van der Waals surface area contributed by atoms with Crippen LogP contribution in [-0.4, -0.2) is 42.6 Å². The molecule has 106 valence electrons. The van der Waals surface area contributed by atoms with E-state index in [1.807, 2.05) is 0 Å². The first-order valence-electron chi connectivity index (χ1n) is 6.31. The van der Waals surface area contributed by atoms with Crippen molar-refractivity contribution in [1.82, 2.24) is 4.31 Å². The zero-order valence-electron chi connectivity index (χ0n) is 11.0. The second kappa shape index (κ2) is 6.38. The molecule has 1 fully saturated rings. The summed E-state index contributed by atoms with van der Waals surface area (Å²) < 4.78 is 25.6. The van der Waals surface area contributed by atoms with Gasteiger partial charge >= 0.3 is 0 Å². The smallest absolute Gasteiger partial charge is 0.214 e. The summed E-state index contributed by atoms with van der Waals surface area (Å²) in [6, 6.07) is -0.622. The highest BCUT2D eigenvalue weighted by molar-refractivity contribution is 7.89. The highest BCUT2D eigenvalue weighted by Gasteiger charge is 2.29. The summed E-state index contributed by atoms with van der Waals surface area (Å²) in [5, 5.41) is 11.4. The molecule has 0 bridgehead atoms. The maximum Gasteiger partial charge on any atom is 0.214 e. The number of oxime groups is 1. The van der Waals surface area contributed by atoms with Gasteiger partial charge in [0.1, 0.15) is 0 Å². The summed E-state index contributed by atoms with van der Waals surface area (Å²) in [4.78, 5) is 0. The van der Waals surface area contributed by atoms with Crippen molar-refractivity contribution in [2.24, 2.45) is 16.8 Å². The van der Waals surface area contributed by atoms with Crippen LogP contribution < -0.4 is 5.73 Å². The van der Waals surface area contributed by atoms with Crippen LogP contribution in [0, 0.1) is 5.92 Å². The zero-order chi connectivity index (χ0) is 13.8. The molecule has 0 aromatic carbocycles. The molecule has 0 aliphatic heterocycles. The Balaban J connectivity index is 2.67. The Morgan fingerprint density at radius 1 is 1.44 bits per heavy atom. The van der Waals surface area contributed by atoms with E-state index in [4.69, 9.17) is 10.9 Å². The van der Waals surface area contributed by atoms with E-state index < -0.39 is 16.1 Å². The number of nitrogens with two attached hydrogens (primary N) is 1. The van der Waals surface area contributed by atoms with E-state index >= 15 is 0 Å². The third kappa shape index (κ3) is 3.84. The predicted molar refractivity (Wildman–Crippen MR) is 71.0 cm³/mol. The lowest BCUT2D eigenvalue weighted by Gasteiger charge is -2.27. The van der Waals surface area contributed by atoms with Crippen LogP contribution in [-0.2, 0) is 10.0 Å². The van der Waals surface area contributed by atoms with Gasteiger partial charge in [-0.2, -0.15) is 4.31 Å². The normalized spacial score (nSPS) is 21.2. The minimum absolute atomic E-state index is 0.0929. The molecule has 1 atom stereocenters. The summed E-state index contributed by atoms with van der Waals surface area (Å²) in [6.07, 6.45) is 5.38. The van der Waals surface area contributed by atoms with Crippen LogP contribution in [0.3, 0.4) is 0 Å². The molecule has 0 spiro atoms. The van der Waals surface area contributed by atoms with Gasteiger partial charge in [0.05, 0.1) is 11.8 Å². The van der Waals surface area contributed by atoms with Gasteiger partial charge in [0, 0.05) is 7.05 Å². The van der Waals surface area contributed by atoms with Crippen molar-refractivity contribution in [1.29, 1.82) is 0 Å². The Morgan fingerprint density at radius 2 is 2.00 bits per heavy atom. The van der Waals surface area contributed by atoms with E-state index in [0.717, 1.165) is 25.7 Å². The fourth-order valence-electron chi connectivity index (χ4n) is 2.28. The Hall–Kier alpha value is -0.820. The fourth-order valence-corrected chi connectivity index (χ4v) is 4.03. The molecule has 0 radical (unpaired) electrons. The number of nitrogens with zero attached hydrogens (tertiary/aromatic N) is 2. The molecule has 1 aliphatic carbocycles. The van der Waals surface area contributed by atoms with Gasteiger partial charge in [-0.3, -0.25) is 0 Å². The zero-order valence-corrected chi connectivity index (χ0v) is 11.9. The van der Waals surface area contributed by atoms with Crippen molar-refractivity contribution < 1.29 is 13.6 Å². The quantitative estimate of drug-likeness (QED) is 0.338. The second-order valence-electron chi connectivity index (χ2n) is 5.00. The summed E-state index contributed by atoms with van der Waals surface area (Å²) in [5.41, 5.74) is 5.44. The van der Waals surface area contributed by atoms with E-state index in [1.54, 1.807) is 6.92 Å². The largest absolute Gasteiger partial charge is 0.409 e. The molecule has 0 aromatic heterocycles. The molecular weight excluding hydrogens is 254 g/mol. The lowest BCUT2D eigenvalue weighted by atomic mass is 9.91. The van der Waals surface area contributed by atoms with Gasteiger partial charge in [0.2, 0.25) is 10.0 Å². The van der Waals surface area contributed by atoms with E-state index in [-0.39, 0.29) is 17.5 Å². The first-order valence-corrected chi connectivity index (χ1v) is 7.92. The third-order valence-electron chi connectivity index (χ3n) is 3.70. The van der Waals surface area contributed by atoms with Crippen LogP contribution in [0.15, 0.2) is 5.16 Å². The van der Waals surface area contributed by atoms with E-state index in [0.29, 0.717) is 0 Å². The average molecular weight is 277 g/mol. The highest BCUT2D eigenvalue weighted by Crippen LogP contribution is 2.25. The van der Waals surface area contributed by atoms with Crippen LogP contribution >= 0.6 is 0 Å². The number of hydrogen-bond acceptors (Lipinski definition) is 4. The SMILES string of the molecule is CC(C(N)=NO)N(C)S(=O)(=O)CC1CCCCC1. The molecule has 1 rings (SSSR count). The minimum Gasteiger partial charge on any atom is -0.409 e. The van der Waals surface area contributed by atoms with Crippen molar-refractivity contribution in [2.75, 3.05) is 12.8 Å². The maximum atomic E-state index is 12.2. The van der Waals surface area contributed by atoms with Crippen LogP contribution in [0.5, 0.6) is 0 Å². The first kappa shape index (κ1) is 15.2. The van der Waals surface area contributed by atoms with Gasteiger partial charge in [-0.15, -0.1) is 0 Å². The van der Waals surface area contributed by atoms with E-state index in [2.05, 4.69) is 5.16 Å². The molecule has 1 unspecified atom stereocenters. The fraction of sp³-hybridized carbons (Fsp3) is 0.909. The van der Waals surface area contributed by atoms with Gasteiger partial charge in [-0.1, -0.05) is 24.4 Å². The van der Waals surface area contributed by atoms with E-state index in [9.17, 15) is 8.42 Å². The summed E-state index contributed by atoms with van der Waals surface area (Å²) in [7, 11) is -1.88. The second-order valence-corrected chi connectivity index (χ2v) is 7.07. The Kier molecular flexibility index (Phi) is 5.40. The third-order valence-corrected chi connectivity index (χ3v) is 5.79.